The number of carbonyl (C=O) groups excluding carboxylic acids is 1. The van der Waals surface area contributed by atoms with E-state index >= 15 is 0 Å². The summed E-state index contributed by atoms with van der Waals surface area (Å²) in [5.74, 6) is 0.864. The van der Waals surface area contributed by atoms with Gasteiger partial charge in [0.05, 0.1) is 12.2 Å². The molecule has 0 radical (unpaired) electrons. The molecular weight excluding hydrogens is 294 g/mol. The fourth-order valence-electron chi connectivity index (χ4n) is 2.52. The average molecular weight is 319 g/mol. The number of amides is 1. The monoisotopic (exact) mass is 319 g/mol. The van der Waals surface area contributed by atoms with Crippen molar-refractivity contribution in [3.05, 3.63) is 40.6 Å². The minimum Gasteiger partial charge on any atom is -0.463 e. The minimum absolute atomic E-state index is 0.103. The zero-order valence-electron chi connectivity index (χ0n) is 14.4. The first kappa shape index (κ1) is 17.3. The SMILES string of the molecule is Cc1ccc([C@@](C)(O)CNC(=O)[C@@H](C)Cc2c(C)n[nH]c2C)o1. The second kappa shape index (κ2) is 6.58. The number of aliphatic hydroxyl groups is 1. The Hall–Kier alpha value is -2.08. The van der Waals surface area contributed by atoms with Gasteiger partial charge >= 0.3 is 0 Å². The molecule has 0 aromatic carbocycles. The van der Waals surface area contributed by atoms with Crippen LogP contribution in [0.2, 0.25) is 0 Å². The Morgan fingerprint density at radius 3 is 2.65 bits per heavy atom. The number of H-pyrrole nitrogens is 1. The molecule has 0 unspecified atom stereocenters. The molecule has 1 amide bonds. The van der Waals surface area contributed by atoms with Crippen LogP contribution in [0.3, 0.4) is 0 Å². The molecule has 0 spiro atoms. The van der Waals surface area contributed by atoms with Gasteiger partial charge in [0, 0.05) is 11.6 Å². The molecule has 0 bridgehead atoms. The molecule has 126 valence electrons. The Kier molecular flexibility index (Phi) is 4.94. The maximum absolute atomic E-state index is 12.3. The van der Waals surface area contributed by atoms with Crippen molar-refractivity contribution in [3.63, 3.8) is 0 Å². The molecule has 0 aliphatic carbocycles. The number of carbonyl (C=O) groups is 1. The third-order valence-corrected chi connectivity index (χ3v) is 4.12. The largest absolute Gasteiger partial charge is 0.463 e. The van der Waals surface area contributed by atoms with E-state index in [9.17, 15) is 9.90 Å². The zero-order chi connectivity index (χ0) is 17.2. The first-order valence-electron chi connectivity index (χ1n) is 7.78. The first-order valence-corrected chi connectivity index (χ1v) is 7.78. The molecule has 2 atom stereocenters. The van der Waals surface area contributed by atoms with Crippen LogP contribution >= 0.6 is 0 Å². The van der Waals surface area contributed by atoms with Gasteiger partial charge in [0.1, 0.15) is 17.1 Å². The molecule has 2 heterocycles. The molecule has 0 aliphatic rings. The second-order valence-corrected chi connectivity index (χ2v) is 6.42. The highest BCUT2D eigenvalue weighted by molar-refractivity contribution is 5.78. The quantitative estimate of drug-likeness (QED) is 0.760. The Bertz CT molecular complexity index is 666. The summed E-state index contributed by atoms with van der Waals surface area (Å²) < 4.78 is 5.44. The van der Waals surface area contributed by atoms with E-state index in [1.54, 1.807) is 19.1 Å². The van der Waals surface area contributed by atoms with Gasteiger partial charge in [0.25, 0.3) is 0 Å². The number of aromatic nitrogens is 2. The van der Waals surface area contributed by atoms with E-state index in [-0.39, 0.29) is 18.4 Å². The van der Waals surface area contributed by atoms with E-state index in [0.717, 1.165) is 22.7 Å². The molecule has 6 nitrogen and oxygen atoms in total. The maximum atomic E-state index is 12.3. The Morgan fingerprint density at radius 2 is 2.13 bits per heavy atom. The van der Waals surface area contributed by atoms with Gasteiger partial charge in [-0.3, -0.25) is 9.89 Å². The van der Waals surface area contributed by atoms with Gasteiger partial charge in [-0.1, -0.05) is 6.92 Å². The molecule has 6 heteroatoms. The molecule has 2 aromatic heterocycles. The fourth-order valence-corrected chi connectivity index (χ4v) is 2.52. The van der Waals surface area contributed by atoms with Crippen LogP contribution in [0.4, 0.5) is 0 Å². The second-order valence-electron chi connectivity index (χ2n) is 6.42. The van der Waals surface area contributed by atoms with Gasteiger partial charge in [-0.05, 0) is 51.8 Å². The van der Waals surface area contributed by atoms with E-state index in [1.807, 2.05) is 27.7 Å². The zero-order valence-corrected chi connectivity index (χ0v) is 14.4. The first-order chi connectivity index (χ1) is 10.7. The highest BCUT2D eigenvalue weighted by Gasteiger charge is 2.28. The van der Waals surface area contributed by atoms with Crippen LogP contribution in [0, 0.1) is 26.7 Å². The summed E-state index contributed by atoms with van der Waals surface area (Å²) in [5, 5.41) is 20.3. The molecule has 0 saturated carbocycles. The highest BCUT2D eigenvalue weighted by Crippen LogP contribution is 2.22. The molecule has 0 saturated heterocycles. The molecule has 23 heavy (non-hydrogen) atoms. The van der Waals surface area contributed by atoms with Gasteiger partial charge in [-0.15, -0.1) is 0 Å². The highest BCUT2D eigenvalue weighted by atomic mass is 16.4. The Balaban J connectivity index is 1.94. The topological polar surface area (TPSA) is 91.1 Å². The van der Waals surface area contributed by atoms with E-state index in [0.29, 0.717) is 12.2 Å². The molecule has 0 fully saturated rings. The summed E-state index contributed by atoms with van der Waals surface area (Å²) in [6.45, 7) is 9.29. The van der Waals surface area contributed by atoms with Crippen LogP contribution in [0.5, 0.6) is 0 Å². The lowest BCUT2D eigenvalue weighted by Gasteiger charge is -2.22. The number of furan rings is 1. The van der Waals surface area contributed by atoms with Gasteiger partial charge in [0.15, 0.2) is 0 Å². The third-order valence-electron chi connectivity index (χ3n) is 4.12. The lowest BCUT2D eigenvalue weighted by molar-refractivity contribution is -0.125. The van der Waals surface area contributed by atoms with E-state index < -0.39 is 5.60 Å². The summed E-state index contributed by atoms with van der Waals surface area (Å²) in [4.78, 5) is 12.3. The number of aromatic amines is 1. The molecule has 3 N–H and O–H groups in total. The van der Waals surface area contributed by atoms with Crippen LogP contribution in [0.15, 0.2) is 16.5 Å². The molecule has 2 rings (SSSR count). The predicted molar refractivity (Wildman–Crippen MR) is 87.0 cm³/mol. The van der Waals surface area contributed by atoms with Gasteiger partial charge in [0.2, 0.25) is 5.91 Å². The predicted octanol–water partition coefficient (Wildman–Crippen LogP) is 2.13. The molecule has 0 aliphatic heterocycles. The number of hydrogen-bond donors (Lipinski definition) is 3. The van der Waals surface area contributed by atoms with Crippen LogP contribution in [0.1, 0.15) is 42.3 Å². The smallest absolute Gasteiger partial charge is 0.223 e. The normalized spacial score (nSPS) is 15.2. The number of nitrogens with zero attached hydrogens (tertiary/aromatic N) is 1. The van der Waals surface area contributed by atoms with E-state index in [4.69, 9.17) is 4.42 Å². The van der Waals surface area contributed by atoms with Gasteiger partial charge in [-0.2, -0.15) is 5.10 Å². The summed E-state index contributed by atoms with van der Waals surface area (Å²) >= 11 is 0. The van der Waals surface area contributed by atoms with Crippen molar-refractivity contribution >= 4 is 5.91 Å². The van der Waals surface area contributed by atoms with Crippen LogP contribution in [-0.2, 0) is 16.8 Å². The number of nitrogens with one attached hydrogen (secondary N) is 2. The van der Waals surface area contributed by atoms with Crippen molar-refractivity contribution < 1.29 is 14.3 Å². The van der Waals surface area contributed by atoms with Crippen molar-refractivity contribution in [2.24, 2.45) is 5.92 Å². The van der Waals surface area contributed by atoms with E-state index in [1.165, 1.54) is 0 Å². The van der Waals surface area contributed by atoms with Crippen molar-refractivity contribution in [1.29, 1.82) is 0 Å². The van der Waals surface area contributed by atoms with Crippen LogP contribution < -0.4 is 5.32 Å². The molecule has 2 aromatic rings. The third kappa shape index (κ3) is 4.01. The number of hydrogen-bond acceptors (Lipinski definition) is 4. The van der Waals surface area contributed by atoms with Crippen molar-refractivity contribution in [1.82, 2.24) is 15.5 Å². The maximum Gasteiger partial charge on any atom is 0.223 e. The van der Waals surface area contributed by atoms with Crippen molar-refractivity contribution in [3.8, 4) is 0 Å². The standard InChI is InChI=1S/C17H25N3O3/c1-10(8-14-12(3)19-20-13(14)4)16(21)18-9-17(5,22)15-7-6-11(2)23-15/h6-7,10,22H,8-9H2,1-5H3,(H,18,21)(H,19,20)/t10-,17-/m0/s1. The van der Waals surface area contributed by atoms with E-state index in [2.05, 4.69) is 15.5 Å². The average Bonchev–Trinajstić information content (AvgIpc) is 3.06. The summed E-state index contributed by atoms with van der Waals surface area (Å²) in [5.41, 5.74) is 1.74. The summed E-state index contributed by atoms with van der Waals surface area (Å²) in [6.07, 6.45) is 0.613. The van der Waals surface area contributed by atoms with Crippen molar-refractivity contribution in [2.75, 3.05) is 6.54 Å². The Morgan fingerprint density at radius 1 is 1.43 bits per heavy atom. The van der Waals surface area contributed by atoms with Gasteiger partial charge < -0.3 is 14.8 Å². The lowest BCUT2D eigenvalue weighted by atomic mass is 9.98. The fraction of sp³-hybridized carbons (Fsp3) is 0.529. The summed E-state index contributed by atoms with van der Waals surface area (Å²) in [6, 6.07) is 3.52. The van der Waals surface area contributed by atoms with Gasteiger partial charge in [-0.25, -0.2) is 0 Å². The lowest BCUT2D eigenvalue weighted by Crippen LogP contribution is -2.41. The minimum atomic E-state index is -1.23. The Labute approximate surface area is 136 Å². The van der Waals surface area contributed by atoms with Crippen LogP contribution in [-0.4, -0.2) is 27.8 Å². The number of aryl methyl sites for hydroxylation is 3. The number of rotatable bonds is 6. The van der Waals surface area contributed by atoms with Crippen molar-refractivity contribution in [2.45, 2.75) is 46.6 Å². The molecular formula is C17H25N3O3. The summed E-state index contributed by atoms with van der Waals surface area (Å²) in [7, 11) is 0. The van der Waals surface area contributed by atoms with Crippen LogP contribution in [0.25, 0.3) is 0 Å².